The third-order valence-electron chi connectivity index (χ3n) is 4.54. The van der Waals surface area contributed by atoms with Crippen LogP contribution >= 0.6 is 15.9 Å². The first kappa shape index (κ1) is 19.8. The molecule has 1 N–H and O–H groups in total. The smallest absolute Gasteiger partial charge is 0.302 e. The molecule has 0 fully saturated rings. The summed E-state index contributed by atoms with van der Waals surface area (Å²) in [6.45, 7) is 0.234. The molecule has 150 valence electrons. The minimum atomic E-state index is -0.544. The van der Waals surface area contributed by atoms with E-state index in [0.717, 1.165) is 20.9 Å². The first-order valence-electron chi connectivity index (χ1n) is 9.29. The summed E-state index contributed by atoms with van der Waals surface area (Å²) in [6.07, 6.45) is 0. The highest BCUT2D eigenvalue weighted by Gasteiger charge is 2.17. The van der Waals surface area contributed by atoms with Crippen LogP contribution in [0.3, 0.4) is 0 Å². The zero-order valence-electron chi connectivity index (χ0n) is 15.9. The summed E-state index contributed by atoms with van der Waals surface area (Å²) in [5, 5.41) is 19.3. The van der Waals surface area contributed by atoms with Crippen LogP contribution in [0.25, 0.3) is 10.9 Å². The molecule has 0 saturated carbocycles. The summed E-state index contributed by atoms with van der Waals surface area (Å²) in [7, 11) is 0. The van der Waals surface area contributed by atoms with Crippen molar-refractivity contribution in [3.63, 3.8) is 0 Å². The van der Waals surface area contributed by atoms with E-state index in [4.69, 9.17) is 4.74 Å². The zero-order chi connectivity index (χ0) is 20.9. The fourth-order valence-corrected chi connectivity index (χ4v) is 3.37. The zero-order valence-corrected chi connectivity index (χ0v) is 17.5. The van der Waals surface area contributed by atoms with Crippen LogP contribution in [0.4, 0.5) is 5.69 Å². The van der Waals surface area contributed by atoms with Crippen LogP contribution in [0.5, 0.6) is 11.6 Å². The van der Waals surface area contributed by atoms with Gasteiger partial charge in [-0.15, -0.1) is 10.2 Å². The standard InChI is InChI=1S/C23H18BrN3O3/c24-17-10-12-18(13-11-17)30-15-21(28)25-26-22-19-8-4-5-9-20(19)27(23(22)29)14-16-6-2-1-3-7-16/h1-13,29H,14-15H2. The molecule has 3 aromatic carbocycles. The number of nitrogens with zero attached hydrogens (tertiary/aromatic N) is 3. The van der Waals surface area contributed by atoms with E-state index in [9.17, 15) is 9.90 Å². The summed E-state index contributed by atoms with van der Waals surface area (Å²) in [4.78, 5) is 12.1. The number of azo groups is 1. The minimum absolute atomic E-state index is 0.0366. The number of para-hydroxylation sites is 1. The van der Waals surface area contributed by atoms with Crippen LogP contribution in [0.1, 0.15) is 5.56 Å². The van der Waals surface area contributed by atoms with E-state index in [1.165, 1.54) is 0 Å². The molecule has 0 unspecified atom stereocenters. The van der Waals surface area contributed by atoms with Crippen molar-refractivity contribution in [2.45, 2.75) is 6.54 Å². The number of aromatic nitrogens is 1. The number of aromatic hydroxyl groups is 1. The molecule has 0 bridgehead atoms. The third-order valence-corrected chi connectivity index (χ3v) is 5.07. The first-order chi connectivity index (χ1) is 14.6. The molecule has 30 heavy (non-hydrogen) atoms. The van der Waals surface area contributed by atoms with E-state index in [-0.39, 0.29) is 18.2 Å². The number of benzene rings is 3. The highest BCUT2D eigenvalue weighted by atomic mass is 79.9. The van der Waals surface area contributed by atoms with Crippen LogP contribution < -0.4 is 4.74 Å². The molecular weight excluding hydrogens is 446 g/mol. The Hall–Kier alpha value is -3.45. The molecule has 0 aliphatic carbocycles. The Morgan fingerprint density at radius 3 is 2.43 bits per heavy atom. The van der Waals surface area contributed by atoms with Crippen LogP contribution in [0.15, 0.2) is 93.6 Å². The molecular formula is C23H18BrN3O3. The quantitative estimate of drug-likeness (QED) is 0.364. The molecule has 0 saturated heterocycles. The van der Waals surface area contributed by atoms with E-state index in [1.54, 1.807) is 16.7 Å². The molecule has 4 aromatic rings. The SMILES string of the molecule is O=C(COc1ccc(Br)cc1)N=Nc1c(O)n(Cc2ccccc2)c2ccccc12. The van der Waals surface area contributed by atoms with Gasteiger partial charge in [0.2, 0.25) is 5.88 Å². The van der Waals surface area contributed by atoms with Crippen molar-refractivity contribution in [2.75, 3.05) is 6.61 Å². The largest absolute Gasteiger partial charge is 0.493 e. The van der Waals surface area contributed by atoms with Gasteiger partial charge in [0.25, 0.3) is 0 Å². The van der Waals surface area contributed by atoms with Gasteiger partial charge in [-0.05, 0) is 35.9 Å². The van der Waals surface area contributed by atoms with Gasteiger partial charge in [-0.3, -0.25) is 4.79 Å². The van der Waals surface area contributed by atoms with Crippen molar-refractivity contribution in [3.05, 3.63) is 88.9 Å². The predicted molar refractivity (Wildman–Crippen MR) is 118 cm³/mol. The van der Waals surface area contributed by atoms with Gasteiger partial charge in [0.05, 0.1) is 12.1 Å². The van der Waals surface area contributed by atoms with Gasteiger partial charge in [0.1, 0.15) is 5.75 Å². The molecule has 0 aliphatic rings. The van der Waals surface area contributed by atoms with Crippen LogP contribution in [0, 0.1) is 0 Å². The Balaban J connectivity index is 1.55. The highest BCUT2D eigenvalue weighted by Crippen LogP contribution is 2.39. The van der Waals surface area contributed by atoms with Crippen molar-refractivity contribution < 1.29 is 14.6 Å². The molecule has 1 heterocycles. The summed E-state index contributed by atoms with van der Waals surface area (Å²) in [5.74, 6) is -0.0216. The van der Waals surface area contributed by atoms with Crippen molar-refractivity contribution >= 4 is 38.4 Å². The Bertz CT molecular complexity index is 1200. The lowest BCUT2D eigenvalue weighted by Gasteiger charge is -2.06. The number of ether oxygens (including phenoxy) is 1. The summed E-state index contributed by atoms with van der Waals surface area (Å²) in [5.41, 5.74) is 2.11. The maximum Gasteiger partial charge on any atom is 0.302 e. The summed E-state index contributed by atoms with van der Waals surface area (Å²) in [6, 6.07) is 24.4. The molecule has 6 nitrogen and oxygen atoms in total. The number of carbonyl (C=O) groups excluding carboxylic acids is 1. The van der Waals surface area contributed by atoms with Crippen LogP contribution in [0.2, 0.25) is 0 Å². The number of hydrogen-bond donors (Lipinski definition) is 1. The maximum absolute atomic E-state index is 12.1. The topological polar surface area (TPSA) is 76.2 Å². The third kappa shape index (κ3) is 4.41. The number of fused-ring (bicyclic) bond motifs is 1. The molecule has 7 heteroatoms. The predicted octanol–water partition coefficient (Wildman–Crippen LogP) is 5.85. The van der Waals surface area contributed by atoms with Crippen molar-refractivity contribution in [1.29, 1.82) is 0 Å². The van der Waals surface area contributed by atoms with Crippen molar-refractivity contribution in [1.82, 2.24) is 4.57 Å². The van der Waals surface area contributed by atoms with Crippen LogP contribution in [-0.2, 0) is 11.3 Å². The molecule has 0 spiro atoms. The second kappa shape index (κ2) is 8.92. The van der Waals surface area contributed by atoms with Gasteiger partial charge in [0, 0.05) is 9.86 Å². The number of carbonyl (C=O) groups is 1. The second-order valence-corrected chi connectivity index (χ2v) is 7.51. The Labute approximate surface area is 181 Å². The van der Waals surface area contributed by atoms with Gasteiger partial charge in [0.15, 0.2) is 12.3 Å². The van der Waals surface area contributed by atoms with E-state index in [1.807, 2.05) is 66.7 Å². The lowest BCUT2D eigenvalue weighted by Crippen LogP contribution is -2.07. The van der Waals surface area contributed by atoms with Gasteiger partial charge >= 0.3 is 5.91 Å². The average Bonchev–Trinajstić information content (AvgIpc) is 3.03. The molecule has 0 radical (unpaired) electrons. The van der Waals surface area contributed by atoms with Crippen LogP contribution in [-0.4, -0.2) is 22.2 Å². The number of hydrogen-bond acceptors (Lipinski definition) is 4. The minimum Gasteiger partial charge on any atom is -0.493 e. The molecule has 1 aromatic heterocycles. The maximum atomic E-state index is 12.1. The fourth-order valence-electron chi connectivity index (χ4n) is 3.11. The Morgan fingerprint density at radius 2 is 1.67 bits per heavy atom. The van der Waals surface area contributed by atoms with E-state index in [2.05, 4.69) is 26.2 Å². The lowest BCUT2D eigenvalue weighted by molar-refractivity contribution is -0.120. The summed E-state index contributed by atoms with van der Waals surface area (Å²) >= 11 is 3.34. The Morgan fingerprint density at radius 1 is 0.967 bits per heavy atom. The van der Waals surface area contributed by atoms with Crippen molar-refractivity contribution in [3.8, 4) is 11.6 Å². The lowest BCUT2D eigenvalue weighted by atomic mass is 10.2. The van der Waals surface area contributed by atoms with Gasteiger partial charge < -0.3 is 14.4 Å². The monoisotopic (exact) mass is 463 g/mol. The summed E-state index contributed by atoms with van der Waals surface area (Å²) < 4.78 is 8.09. The normalized spacial score (nSPS) is 11.2. The average molecular weight is 464 g/mol. The molecule has 0 atom stereocenters. The van der Waals surface area contributed by atoms with Gasteiger partial charge in [-0.25, -0.2) is 0 Å². The van der Waals surface area contributed by atoms with E-state index >= 15 is 0 Å². The molecule has 1 amide bonds. The number of rotatable bonds is 6. The van der Waals surface area contributed by atoms with E-state index in [0.29, 0.717) is 12.3 Å². The first-order valence-corrected chi connectivity index (χ1v) is 10.1. The van der Waals surface area contributed by atoms with Gasteiger partial charge in [-0.2, -0.15) is 0 Å². The van der Waals surface area contributed by atoms with Crippen molar-refractivity contribution in [2.24, 2.45) is 10.2 Å². The fraction of sp³-hybridized carbons (Fsp3) is 0.0870. The Kier molecular flexibility index (Phi) is 5.90. The van der Waals surface area contributed by atoms with E-state index < -0.39 is 5.91 Å². The molecule has 0 aliphatic heterocycles. The number of halogens is 1. The van der Waals surface area contributed by atoms with Gasteiger partial charge in [-0.1, -0.05) is 64.5 Å². The highest BCUT2D eigenvalue weighted by molar-refractivity contribution is 9.10. The molecule has 4 rings (SSSR count). The number of amides is 1. The second-order valence-electron chi connectivity index (χ2n) is 6.60.